The number of halogens is 2. The van der Waals surface area contributed by atoms with Crippen LogP contribution in [0.5, 0.6) is 0 Å². The van der Waals surface area contributed by atoms with E-state index >= 15 is 0 Å². The first-order chi connectivity index (χ1) is 7.34. The van der Waals surface area contributed by atoms with Gasteiger partial charge in [-0.1, -0.05) is 15.9 Å². The Kier molecular flexibility index (Phi) is 4.04. The maximum atomic E-state index is 13.8. The monoisotopic (exact) mass is 289 g/mol. The molecule has 0 saturated heterocycles. The van der Waals surface area contributed by atoms with Crippen molar-refractivity contribution in [3.05, 3.63) is 33.0 Å². The topological polar surface area (TPSA) is 63.3 Å². The van der Waals surface area contributed by atoms with Crippen LogP contribution >= 0.6 is 15.9 Å². The van der Waals surface area contributed by atoms with Crippen LogP contribution in [0.3, 0.4) is 0 Å². The van der Waals surface area contributed by atoms with Gasteiger partial charge in [-0.25, -0.2) is 4.39 Å². The highest BCUT2D eigenvalue weighted by Crippen LogP contribution is 2.26. The molecule has 1 atom stereocenters. The highest BCUT2D eigenvalue weighted by Gasteiger charge is 2.19. The Morgan fingerprint density at radius 3 is 2.69 bits per heavy atom. The van der Waals surface area contributed by atoms with Crippen molar-refractivity contribution >= 4 is 21.9 Å². The van der Waals surface area contributed by atoms with Gasteiger partial charge in [-0.3, -0.25) is 4.79 Å². The van der Waals surface area contributed by atoms with Crippen molar-refractivity contribution in [2.75, 3.05) is 0 Å². The van der Waals surface area contributed by atoms with Crippen LogP contribution in [-0.2, 0) is 11.2 Å². The van der Waals surface area contributed by atoms with E-state index < -0.39 is 12.0 Å². The lowest BCUT2D eigenvalue weighted by molar-refractivity contribution is -0.138. The van der Waals surface area contributed by atoms with Gasteiger partial charge in [0, 0.05) is 10.9 Å². The zero-order valence-electron chi connectivity index (χ0n) is 9.05. The van der Waals surface area contributed by atoms with Crippen molar-refractivity contribution in [3.63, 3.8) is 0 Å². The molecule has 0 saturated carbocycles. The first-order valence-corrected chi connectivity index (χ1v) is 5.56. The number of carboxylic acid groups (broad SMARTS) is 1. The average molecular weight is 290 g/mol. The minimum atomic E-state index is -1.13. The van der Waals surface area contributed by atoms with Crippen molar-refractivity contribution in [3.8, 4) is 0 Å². The molecule has 88 valence electrons. The van der Waals surface area contributed by atoms with Gasteiger partial charge < -0.3 is 10.8 Å². The van der Waals surface area contributed by atoms with Gasteiger partial charge in [-0.05, 0) is 36.6 Å². The molecule has 0 fully saturated rings. The number of benzene rings is 1. The van der Waals surface area contributed by atoms with Gasteiger partial charge in [0.15, 0.2) is 0 Å². The quantitative estimate of drug-likeness (QED) is 0.896. The Morgan fingerprint density at radius 2 is 2.19 bits per heavy atom. The minimum Gasteiger partial charge on any atom is -0.480 e. The van der Waals surface area contributed by atoms with E-state index in [2.05, 4.69) is 15.9 Å². The third kappa shape index (κ3) is 2.59. The third-order valence-electron chi connectivity index (χ3n) is 2.51. The van der Waals surface area contributed by atoms with Crippen molar-refractivity contribution in [1.82, 2.24) is 0 Å². The SMILES string of the molecule is Cc1cc(Br)c(C)c(CC(N)C(=O)O)c1F. The van der Waals surface area contributed by atoms with Gasteiger partial charge in [-0.2, -0.15) is 0 Å². The molecule has 0 radical (unpaired) electrons. The number of aliphatic carboxylic acids is 1. The molecule has 0 heterocycles. The number of nitrogens with two attached hydrogens (primary N) is 1. The molecule has 3 N–H and O–H groups in total. The van der Waals surface area contributed by atoms with Crippen LogP contribution in [0.2, 0.25) is 0 Å². The molecule has 0 bridgehead atoms. The first-order valence-electron chi connectivity index (χ1n) is 4.77. The Balaban J connectivity index is 3.17. The van der Waals surface area contributed by atoms with Gasteiger partial charge in [-0.15, -0.1) is 0 Å². The van der Waals surface area contributed by atoms with E-state index in [1.54, 1.807) is 19.9 Å². The van der Waals surface area contributed by atoms with Gasteiger partial charge in [0.2, 0.25) is 0 Å². The molecular weight excluding hydrogens is 277 g/mol. The van der Waals surface area contributed by atoms with Crippen molar-refractivity contribution in [2.24, 2.45) is 5.73 Å². The van der Waals surface area contributed by atoms with Crippen LogP contribution in [-0.4, -0.2) is 17.1 Å². The molecule has 1 rings (SSSR count). The summed E-state index contributed by atoms with van der Waals surface area (Å²) in [6, 6.07) is 0.586. The van der Waals surface area contributed by atoms with Crippen LogP contribution in [0.1, 0.15) is 16.7 Å². The zero-order valence-corrected chi connectivity index (χ0v) is 10.6. The third-order valence-corrected chi connectivity index (χ3v) is 3.33. The number of rotatable bonds is 3. The molecule has 0 amide bonds. The van der Waals surface area contributed by atoms with Gasteiger partial charge in [0.05, 0.1) is 0 Å². The Morgan fingerprint density at radius 1 is 1.62 bits per heavy atom. The van der Waals surface area contributed by atoms with Gasteiger partial charge in [0.25, 0.3) is 0 Å². The predicted octanol–water partition coefficient (Wildman–Crippen LogP) is 2.16. The largest absolute Gasteiger partial charge is 0.480 e. The second-order valence-corrected chi connectivity index (χ2v) is 4.60. The van der Waals surface area contributed by atoms with E-state index in [9.17, 15) is 9.18 Å². The average Bonchev–Trinajstić information content (AvgIpc) is 2.21. The molecular formula is C11H13BrFNO2. The number of hydrogen-bond acceptors (Lipinski definition) is 2. The standard InChI is InChI=1S/C11H13BrFNO2/c1-5-3-8(12)6(2)7(10(5)13)4-9(14)11(15)16/h3,9H,4,14H2,1-2H3,(H,15,16). The molecule has 0 aliphatic heterocycles. The summed E-state index contributed by atoms with van der Waals surface area (Å²) in [6.07, 6.45) is -0.00667. The van der Waals surface area contributed by atoms with Crippen molar-refractivity contribution in [2.45, 2.75) is 26.3 Å². The number of carboxylic acids is 1. The minimum absolute atomic E-state index is 0.00667. The summed E-state index contributed by atoms with van der Waals surface area (Å²) in [5.41, 5.74) is 6.94. The smallest absolute Gasteiger partial charge is 0.320 e. The van der Waals surface area contributed by atoms with E-state index in [4.69, 9.17) is 10.8 Å². The number of carbonyl (C=O) groups is 1. The van der Waals surface area contributed by atoms with E-state index in [1.165, 1.54) is 0 Å². The summed E-state index contributed by atoms with van der Waals surface area (Å²) in [6.45, 7) is 3.37. The fraction of sp³-hybridized carbons (Fsp3) is 0.364. The van der Waals surface area contributed by atoms with E-state index in [0.717, 1.165) is 4.47 Å². The van der Waals surface area contributed by atoms with E-state index in [0.29, 0.717) is 16.7 Å². The molecule has 0 aliphatic rings. The Hall–Kier alpha value is -0.940. The molecule has 0 aliphatic carbocycles. The molecule has 16 heavy (non-hydrogen) atoms. The number of aryl methyl sites for hydroxylation is 1. The van der Waals surface area contributed by atoms with E-state index in [1.807, 2.05) is 0 Å². The maximum absolute atomic E-state index is 13.8. The highest BCUT2D eigenvalue weighted by atomic mass is 79.9. The lowest BCUT2D eigenvalue weighted by Crippen LogP contribution is -2.33. The van der Waals surface area contributed by atoms with Crippen LogP contribution in [0.25, 0.3) is 0 Å². The Bertz CT molecular complexity index is 408. The van der Waals surface area contributed by atoms with Crippen molar-refractivity contribution < 1.29 is 14.3 Å². The van der Waals surface area contributed by atoms with E-state index in [-0.39, 0.29) is 12.2 Å². The lowest BCUT2D eigenvalue weighted by Gasteiger charge is -2.13. The Labute approximate surface area is 102 Å². The summed E-state index contributed by atoms with van der Waals surface area (Å²) in [7, 11) is 0. The fourth-order valence-corrected chi connectivity index (χ4v) is 2.04. The summed E-state index contributed by atoms with van der Waals surface area (Å²) in [5, 5.41) is 8.70. The zero-order chi connectivity index (χ0) is 12.5. The highest BCUT2D eigenvalue weighted by molar-refractivity contribution is 9.10. The second kappa shape index (κ2) is 4.93. The van der Waals surface area contributed by atoms with Gasteiger partial charge >= 0.3 is 5.97 Å². The summed E-state index contributed by atoms with van der Waals surface area (Å²) in [5.74, 6) is -1.51. The predicted molar refractivity (Wildman–Crippen MR) is 62.9 cm³/mol. The first kappa shape index (κ1) is 13.1. The summed E-state index contributed by atoms with van der Waals surface area (Å²) >= 11 is 3.30. The van der Waals surface area contributed by atoms with Crippen LogP contribution < -0.4 is 5.73 Å². The lowest BCUT2D eigenvalue weighted by atomic mass is 9.98. The van der Waals surface area contributed by atoms with Crippen LogP contribution in [0.15, 0.2) is 10.5 Å². The molecule has 3 nitrogen and oxygen atoms in total. The molecule has 5 heteroatoms. The molecule has 1 aromatic rings. The normalized spacial score (nSPS) is 12.6. The maximum Gasteiger partial charge on any atom is 0.320 e. The summed E-state index contributed by atoms with van der Waals surface area (Å²) in [4.78, 5) is 10.6. The molecule has 1 aromatic carbocycles. The second-order valence-electron chi connectivity index (χ2n) is 3.74. The molecule has 1 unspecified atom stereocenters. The van der Waals surface area contributed by atoms with Crippen LogP contribution in [0, 0.1) is 19.7 Å². The molecule has 0 spiro atoms. The van der Waals surface area contributed by atoms with Gasteiger partial charge in [0.1, 0.15) is 11.9 Å². The summed E-state index contributed by atoms with van der Waals surface area (Å²) < 4.78 is 14.6. The number of hydrogen-bond donors (Lipinski definition) is 2. The molecule has 0 aromatic heterocycles. The fourth-order valence-electron chi connectivity index (χ4n) is 1.46. The van der Waals surface area contributed by atoms with Crippen molar-refractivity contribution in [1.29, 1.82) is 0 Å². The van der Waals surface area contributed by atoms with Crippen LogP contribution in [0.4, 0.5) is 4.39 Å².